The van der Waals surface area contributed by atoms with Crippen LogP contribution in [0.15, 0.2) is 24.3 Å². The van der Waals surface area contributed by atoms with E-state index >= 15 is 0 Å². The van der Waals surface area contributed by atoms with Crippen LogP contribution in [0.5, 0.6) is 5.75 Å². The average Bonchev–Trinajstić information content (AvgIpc) is 2.03. The van der Waals surface area contributed by atoms with Crippen LogP contribution in [-0.4, -0.2) is 29.5 Å². The molecule has 0 unspecified atom stereocenters. The van der Waals surface area contributed by atoms with Crippen LogP contribution in [0.2, 0.25) is 0 Å². The Hall–Kier alpha value is -0.702. The fraction of sp³-hybridized carbons (Fsp3) is 0.143. The van der Waals surface area contributed by atoms with E-state index in [0.717, 1.165) is 0 Å². The Morgan fingerprint density at radius 3 is 2.33 bits per heavy atom. The predicted molar refractivity (Wildman–Crippen MR) is 43.5 cm³/mol. The quantitative estimate of drug-likeness (QED) is 0.659. The van der Waals surface area contributed by atoms with Crippen LogP contribution in [0.25, 0.3) is 0 Å². The summed E-state index contributed by atoms with van der Waals surface area (Å²) in [5, 5.41) is 0. The van der Waals surface area contributed by atoms with Gasteiger partial charge < -0.3 is 0 Å². The Labute approximate surface area is 72.8 Å². The Morgan fingerprint density at radius 1 is 1.33 bits per heavy atom. The number of ether oxygens (including phenoxy) is 1. The molecule has 12 heavy (non-hydrogen) atoms. The van der Waals surface area contributed by atoms with Gasteiger partial charge in [0.15, 0.2) is 0 Å². The normalized spacial score (nSPS) is 11.2. The summed E-state index contributed by atoms with van der Waals surface area (Å²) in [5.41, 5.74) is 0. The molecule has 0 amide bonds. The number of benzene rings is 1. The summed E-state index contributed by atoms with van der Waals surface area (Å²) in [6.07, 6.45) is 0. The van der Waals surface area contributed by atoms with E-state index in [-0.39, 0.29) is 10.1 Å². The van der Waals surface area contributed by atoms with Gasteiger partial charge in [-0.15, -0.1) is 0 Å². The van der Waals surface area contributed by atoms with Crippen molar-refractivity contribution in [2.45, 2.75) is 0 Å². The molecule has 0 atom stereocenters. The van der Waals surface area contributed by atoms with Crippen molar-refractivity contribution in [3.05, 3.63) is 24.3 Å². The van der Waals surface area contributed by atoms with E-state index in [2.05, 4.69) is 0 Å². The number of hydrogen-bond acceptors (Lipinski definition) is 2. The number of hydrogen-bond donors (Lipinski definition) is 2. The zero-order valence-electron chi connectivity index (χ0n) is 6.47. The van der Waals surface area contributed by atoms with Crippen LogP contribution in [0.1, 0.15) is 0 Å². The Bertz CT molecular complexity index is 317. The minimum absolute atomic E-state index is 0.0156. The van der Waals surface area contributed by atoms with Crippen molar-refractivity contribution in [2.24, 2.45) is 0 Å². The molecule has 0 heterocycles. The van der Waals surface area contributed by atoms with Gasteiger partial charge in [-0.25, -0.2) is 0 Å². The van der Waals surface area contributed by atoms with Gasteiger partial charge in [0.1, 0.15) is 0 Å². The topological polar surface area (TPSA) is 66.8 Å². The van der Waals surface area contributed by atoms with E-state index in [4.69, 9.17) is 12.9 Å². The Kier molecular flexibility index (Phi) is 2.62. The van der Waals surface area contributed by atoms with Crippen LogP contribution in [-0.2, 0) is 3.74 Å². The minimum atomic E-state index is -4.80. The summed E-state index contributed by atoms with van der Waals surface area (Å²) in [6, 6.07) is 6.13. The summed E-state index contributed by atoms with van der Waals surface area (Å²) < 4.78 is 33.5. The molecule has 0 aromatic heterocycles. The van der Waals surface area contributed by atoms with E-state index in [0.29, 0.717) is 0 Å². The van der Waals surface area contributed by atoms with Crippen molar-refractivity contribution in [3.8, 4) is 5.75 Å². The summed E-state index contributed by atoms with van der Waals surface area (Å²) in [7, 11) is 1.38. The van der Waals surface area contributed by atoms with Crippen molar-refractivity contribution in [2.75, 3.05) is 7.11 Å². The molecule has 66 valence electrons. The monoisotopic (exact) mass is 232 g/mol. The molecule has 0 saturated carbocycles. The van der Waals surface area contributed by atoms with Crippen LogP contribution in [0, 0.1) is 0 Å². The zero-order chi connectivity index (χ0) is 9.19. The van der Waals surface area contributed by atoms with Crippen molar-refractivity contribution in [3.63, 3.8) is 0 Å². The second-order valence-corrected chi connectivity index (χ2v) is 5.51. The summed E-state index contributed by atoms with van der Waals surface area (Å²) in [6.45, 7) is 0. The van der Waals surface area contributed by atoms with Crippen LogP contribution in [0.4, 0.5) is 0 Å². The van der Waals surface area contributed by atoms with E-state index in [9.17, 15) is 3.74 Å². The van der Waals surface area contributed by atoms with E-state index in [1.807, 2.05) is 0 Å². The molecule has 1 aromatic rings. The van der Waals surface area contributed by atoms with Crippen molar-refractivity contribution < 1.29 is 16.7 Å². The third-order valence-corrected chi connectivity index (χ3v) is 3.49. The standard InChI is InChI=1S/C7H9AsO4/c1-12-7-5-3-2-4-6(7)8(9,10)11/h2-5H,1H3,(H2,9,10,11). The molecule has 0 aliphatic heterocycles. The first-order chi connectivity index (χ1) is 5.55. The SMILES string of the molecule is COc1ccccc1[As](=O)(O)O. The Morgan fingerprint density at radius 2 is 1.92 bits per heavy atom. The summed E-state index contributed by atoms with van der Waals surface area (Å²) in [5.74, 6) is 0.241. The van der Waals surface area contributed by atoms with Crippen LogP contribution >= 0.6 is 0 Å². The molecule has 0 saturated heterocycles. The van der Waals surface area contributed by atoms with Gasteiger partial charge >= 0.3 is 72.3 Å². The number of methoxy groups -OCH3 is 1. The van der Waals surface area contributed by atoms with Crippen molar-refractivity contribution in [1.29, 1.82) is 0 Å². The molecular weight excluding hydrogens is 223 g/mol. The fourth-order valence-electron chi connectivity index (χ4n) is 0.870. The van der Waals surface area contributed by atoms with Crippen molar-refractivity contribution >= 4 is 18.5 Å². The van der Waals surface area contributed by atoms with Gasteiger partial charge in [-0.2, -0.15) is 0 Å². The molecule has 0 spiro atoms. The maximum absolute atomic E-state index is 10.9. The molecule has 5 heteroatoms. The molecule has 1 aromatic carbocycles. The molecule has 0 aliphatic rings. The molecule has 0 radical (unpaired) electrons. The van der Waals surface area contributed by atoms with Gasteiger partial charge in [0, 0.05) is 0 Å². The average molecular weight is 232 g/mol. The van der Waals surface area contributed by atoms with Crippen molar-refractivity contribution in [1.82, 2.24) is 0 Å². The van der Waals surface area contributed by atoms with Gasteiger partial charge in [-0.3, -0.25) is 0 Å². The molecule has 4 nitrogen and oxygen atoms in total. The summed E-state index contributed by atoms with van der Waals surface area (Å²) >= 11 is -4.80. The molecule has 0 fully saturated rings. The first kappa shape index (κ1) is 9.39. The van der Waals surface area contributed by atoms with E-state index in [1.54, 1.807) is 12.1 Å². The van der Waals surface area contributed by atoms with Gasteiger partial charge in [0.05, 0.1) is 0 Å². The third kappa shape index (κ3) is 1.91. The van der Waals surface area contributed by atoms with Crippen LogP contribution < -0.4 is 9.09 Å². The second-order valence-electron chi connectivity index (χ2n) is 2.22. The van der Waals surface area contributed by atoms with E-state index in [1.165, 1.54) is 19.2 Å². The third-order valence-electron chi connectivity index (χ3n) is 1.40. The molecule has 1 rings (SSSR count). The Balaban J connectivity index is 3.23. The second kappa shape index (κ2) is 3.35. The number of para-hydroxylation sites is 1. The fourth-order valence-corrected chi connectivity index (χ4v) is 2.41. The first-order valence-electron chi connectivity index (χ1n) is 3.25. The predicted octanol–water partition coefficient (Wildman–Crippen LogP) is -0.744. The first-order valence-corrected chi connectivity index (χ1v) is 6.63. The van der Waals surface area contributed by atoms with Crippen LogP contribution in [0.3, 0.4) is 0 Å². The van der Waals surface area contributed by atoms with Gasteiger partial charge in [-0.1, -0.05) is 0 Å². The van der Waals surface area contributed by atoms with Gasteiger partial charge in [0.2, 0.25) is 0 Å². The molecule has 2 N–H and O–H groups in total. The van der Waals surface area contributed by atoms with Gasteiger partial charge in [-0.05, 0) is 0 Å². The number of rotatable bonds is 2. The van der Waals surface area contributed by atoms with Gasteiger partial charge in [0.25, 0.3) is 0 Å². The summed E-state index contributed by atoms with van der Waals surface area (Å²) in [4.78, 5) is 0. The maximum atomic E-state index is 10.9. The molecule has 0 bridgehead atoms. The molecule has 0 aliphatic carbocycles. The zero-order valence-corrected chi connectivity index (χ0v) is 8.34. The van der Waals surface area contributed by atoms with E-state index < -0.39 is 14.2 Å². The molecular formula is C7H9AsO4.